The fraction of sp³-hybridized carbons (Fsp3) is 0.562. The van der Waals surface area contributed by atoms with Crippen LogP contribution in [0.1, 0.15) is 26.3 Å². The van der Waals surface area contributed by atoms with Crippen molar-refractivity contribution in [1.29, 1.82) is 0 Å². The molecule has 1 aromatic rings. The summed E-state index contributed by atoms with van der Waals surface area (Å²) >= 11 is 2.27. The number of hydrogen-bond donors (Lipinski definition) is 0. The van der Waals surface area contributed by atoms with Crippen LogP contribution in [0.25, 0.3) is 0 Å². The van der Waals surface area contributed by atoms with Crippen molar-refractivity contribution < 1.29 is 23.7 Å². The SMILES string of the molecule is CC(=O)[C@H]1O[C@@H]2OC(C)(C)O[C@@H]2[C@H]1OCc1ccccc1I. The summed E-state index contributed by atoms with van der Waals surface area (Å²) in [7, 11) is 0. The predicted octanol–water partition coefficient (Wildman–Crippen LogP) is 2.64. The number of benzene rings is 1. The van der Waals surface area contributed by atoms with Gasteiger partial charge in [-0.3, -0.25) is 4.79 Å². The van der Waals surface area contributed by atoms with Gasteiger partial charge in [0.15, 0.2) is 17.9 Å². The lowest BCUT2D eigenvalue weighted by molar-refractivity contribution is -0.218. The van der Waals surface area contributed by atoms with Gasteiger partial charge in [-0.15, -0.1) is 0 Å². The summed E-state index contributed by atoms with van der Waals surface area (Å²) in [6.07, 6.45) is -2.04. The third-order valence-corrected chi connectivity index (χ3v) is 4.83. The number of rotatable bonds is 4. The van der Waals surface area contributed by atoms with Crippen LogP contribution in [0.2, 0.25) is 0 Å². The van der Waals surface area contributed by atoms with Gasteiger partial charge in [0.05, 0.1) is 6.61 Å². The molecule has 0 saturated carbocycles. The molecular formula is C16H19IO5. The lowest BCUT2D eigenvalue weighted by atomic mass is 10.1. The van der Waals surface area contributed by atoms with E-state index in [1.54, 1.807) is 0 Å². The van der Waals surface area contributed by atoms with E-state index in [-0.39, 0.29) is 11.9 Å². The molecule has 0 radical (unpaired) electrons. The Morgan fingerprint density at radius 3 is 2.73 bits per heavy atom. The van der Waals surface area contributed by atoms with E-state index in [4.69, 9.17) is 18.9 Å². The van der Waals surface area contributed by atoms with Crippen LogP contribution in [0.15, 0.2) is 24.3 Å². The number of ether oxygens (including phenoxy) is 4. The number of ketones is 1. The predicted molar refractivity (Wildman–Crippen MR) is 87.1 cm³/mol. The molecule has 1 aromatic carbocycles. The van der Waals surface area contributed by atoms with Gasteiger partial charge >= 0.3 is 0 Å². The van der Waals surface area contributed by atoms with Gasteiger partial charge in [0.1, 0.15) is 18.3 Å². The Labute approximate surface area is 143 Å². The topological polar surface area (TPSA) is 54.0 Å². The van der Waals surface area contributed by atoms with Crippen molar-refractivity contribution in [1.82, 2.24) is 0 Å². The van der Waals surface area contributed by atoms with E-state index in [9.17, 15) is 4.79 Å². The molecule has 0 aromatic heterocycles. The van der Waals surface area contributed by atoms with Gasteiger partial charge in [0.25, 0.3) is 0 Å². The van der Waals surface area contributed by atoms with Crippen LogP contribution < -0.4 is 0 Å². The van der Waals surface area contributed by atoms with Crippen LogP contribution >= 0.6 is 22.6 Å². The van der Waals surface area contributed by atoms with E-state index in [1.807, 2.05) is 38.1 Å². The van der Waals surface area contributed by atoms with E-state index in [1.165, 1.54) is 6.92 Å². The van der Waals surface area contributed by atoms with E-state index in [2.05, 4.69) is 22.6 Å². The van der Waals surface area contributed by atoms with Gasteiger partial charge in [0, 0.05) is 3.57 Å². The minimum atomic E-state index is -0.722. The summed E-state index contributed by atoms with van der Waals surface area (Å²) in [5.74, 6) is -0.799. The van der Waals surface area contributed by atoms with Gasteiger partial charge in [-0.2, -0.15) is 0 Å². The Morgan fingerprint density at radius 2 is 2.05 bits per heavy atom. The molecule has 0 amide bonds. The largest absolute Gasteiger partial charge is 0.367 e. The Morgan fingerprint density at radius 1 is 1.32 bits per heavy atom. The standard InChI is InChI=1S/C16H19IO5/c1-9(18)12-13(14-15(20-12)22-16(2,3)21-14)19-8-10-6-4-5-7-11(10)17/h4-7,12-15H,8H2,1-3H3/t12-,13+,14-,15-/m1/s1. The first-order valence-electron chi connectivity index (χ1n) is 7.24. The normalized spacial score (nSPS) is 32.9. The molecule has 2 fully saturated rings. The minimum absolute atomic E-state index is 0.0767. The fourth-order valence-electron chi connectivity index (χ4n) is 2.79. The zero-order valence-electron chi connectivity index (χ0n) is 12.7. The third-order valence-electron chi connectivity index (χ3n) is 3.78. The first-order chi connectivity index (χ1) is 10.4. The van der Waals surface area contributed by atoms with E-state index < -0.39 is 24.3 Å². The van der Waals surface area contributed by atoms with Crippen molar-refractivity contribution >= 4 is 28.4 Å². The summed E-state index contributed by atoms with van der Waals surface area (Å²) < 4.78 is 24.3. The molecule has 0 spiro atoms. The second-order valence-corrected chi connectivity index (χ2v) is 7.17. The lowest BCUT2D eigenvalue weighted by Gasteiger charge is -2.24. The maximum absolute atomic E-state index is 11.8. The second kappa shape index (κ2) is 6.16. The minimum Gasteiger partial charge on any atom is -0.367 e. The zero-order chi connectivity index (χ0) is 15.9. The van der Waals surface area contributed by atoms with Crippen molar-refractivity contribution in [2.75, 3.05) is 0 Å². The van der Waals surface area contributed by atoms with Gasteiger partial charge in [-0.05, 0) is 55.0 Å². The molecule has 22 heavy (non-hydrogen) atoms. The molecule has 2 aliphatic heterocycles. The quantitative estimate of drug-likeness (QED) is 0.704. The first-order valence-corrected chi connectivity index (χ1v) is 8.32. The summed E-state index contributed by atoms with van der Waals surface area (Å²) in [5.41, 5.74) is 1.08. The van der Waals surface area contributed by atoms with Crippen LogP contribution in [0.5, 0.6) is 0 Å². The Balaban J connectivity index is 1.74. The summed E-state index contributed by atoms with van der Waals surface area (Å²) in [5, 5.41) is 0. The number of carbonyl (C=O) groups excluding carboxylic acids is 1. The highest BCUT2D eigenvalue weighted by Crippen LogP contribution is 2.39. The maximum atomic E-state index is 11.8. The number of Topliss-reactive ketones (excluding diaryl/α,β-unsaturated/α-hetero) is 1. The van der Waals surface area contributed by atoms with Crippen molar-refractivity contribution in [3.05, 3.63) is 33.4 Å². The van der Waals surface area contributed by atoms with Crippen molar-refractivity contribution in [2.24, 2.45) is 0 Å². The van der Waals surface area contributed by atoms with Gasteiger partial charge in [0.2, 0.25) is 0 Å². The fourth-order valence-corrected chi connectivity index (χ4v) is 3.33. The van der Waals surface area contributed by atoms with E-state index in [0.717, 1.165) is 9.13 Å². The van der Waals surface area contributed by atoms with Gasteiger partial charge in [-0.25, -0.2) is 0 Å². The Kier molecular flexibility index (Phi) is 4.57. The molecule has 0 aliphatic carbocycles. The molecular weight excluding hydrogens is 399 g/mol. The highest BCUT2D eigenvalue weighted by molar-refractivity contribution is 14.1. The summed E-state index contributed by atoms with van der Waals surface area (Å²) in [4.78, 5) is 11.8. The molecule has 2 heterocycles. The third kappa shape index (κ3) is 3.21. The smallest absolute Gasteiger partial charge is 0.190 e. The zero-order valence-corrected chi connectivity index (χ0v) is 14.9. The Bertz CT molecular complexity index is 573. The van der Waals surface area contributed by atoms with E-state index in [0.29, 0.717) is 6.61 Å². The number of fused-ring (bicyclic) bond motifs is 1. The molecule has 6 heteroatoms. The molecule has 3 rings (SSSR count). The van der Waals surface area contributed by atoms with Crippen molar-refractivity contribution in [3.8, 4) is 0 Å². The molecule has 0 N–H and O–H groups in total. The highest BCUT2D eigenvalue weighted by atomic mass is 127. The van der Waals surface area contributed by atoms with Crippen LogP contribution in [0.3, 0.4) is 0 Å². The highest BCUT2D eigenvalue weighted by Gasteiger charge is 2.56. The molecule has 0 bridgehead atoms. The molecule has 4 atom stereocenters. The van der Waals surface area contributed by atoms with Crippen LogP contribution in [0.4, 0.5) is 0 Å². The van der Waals surface area contributed by atoms with Gasteiger partial charge in [-0.1, -0.05) is 18.2 Å². The molecule has 2 aliphatic rings. The van der Waals surface area contributed by atoms with Crippen LogP contribution in [0, 0.1) is 3.57 Å². The van der Waals surface area contributed by atoms with Crippen LogP contribution in [-0.2, 0) is 30.3 Å². The molecule has 2 saturated heterocycles. The maximum Gasteiger partial charge on any atom is 0.190 e. The Hall–Kier alpha value is -0.540. The lowest BCUT2D eigenvalue weighted by Crippen LogP contribution is -2.39. The number of hydrogen-bond acceptors (Lipinski definition) is 5. The molecule has 5 nitrogen and oxygen atoms in total. The van der Waals surface area contributed by atoms with E-state index >= 15 is 0 Å². The van der Waals surface area contributed by atoms with Crippen LogP contribution in [-0.4, -0.2) is 36.2 Å². The molecule has 0 unspecified atom stereocenters. The summed E-state index contributed by atoms with van der Waals surface area (Å²) in [6.45, 7) is 5.56. The summed E-state index contributed by atoms with van der Waals surface area (Å²) in [6, 6.07) is 7.98. The monoisotopic (exact) mass is 418 g/mol. The average molecular weight is 418 g/mol. The number of carbonyl (C=O) groups is 1. The van der Waals surface area contributed by atoms with Crippen molar-refractivity contribution in [2.45, 2.75) is 57.8 Å². The first kappa shape index (κ1) is 16.3. The van der Waals surface area contributed by atoms with Gasteiger partial charge < -0.3 is 18.9 Å². The van der Waals surface area contributed by atoms with Crippen molar-refractivity contribution in [3.63, 3.8) is 0 Å². The molecule has 120 valence electrons. The number of halogens is 1. The second-order valence-electron chi connectivity index (χ2n) is 6.00. The average Bonchev–Trinajstić information content (AvgIpc) is 2.90.